The second kappa shape index (κ2) is 6.14. The van der Waals surface area contributed by atoms with Gasteiger partial charge >= 0.3 is 0 Å². The Morgan fingerprint density at radius 2 is 2.00 bits per heavy atom. The number of hydrogen-bond donors (Lipinski definition) is 0. The maximum atomic E-state index is 12.2. The molecule has 2 heterocycles. The minimum absolute atomic E-state index is 0.144. The Bertz CT molecular complexity index is 350. The van der Waals surface area contributed by atoms with Gasteiger partial charge in [-0.1, -0.05) is 6.92 Å². The van der Waals surface area contributed by atoms with Crippen molar-refractivity contribution < 1.29 is 9.59 Å². The summed E-state index contributed by atoms with van der Waals surface area (Å²) in [5.41, 5.74) is 0. The zero-order chi connectivity index (χ0) is 14.0. The van der Waals surface area contributed by atoms with Gasteiger partial charge < -0.3 is 4.90 Å². The van der Waals surface area contributed by atoms with Crippen LogP contribution in [0.4, 0.5) is 0 Å². The molecule has 0 aromatic rings. The topological polar surface area (TPSA) is 40.6 Å². The van der Waals surface area contributed by atoms with E-state index < -0.39 is 0 Å². The van der Waals surface area contributed by atoms with Crippen molar-refractivity contribution in [2.45, 2.75) is 39.2 Å². The molecule has 0 saturated carbocycles. The zero-order valence-electron chi connectivity index (χ0n) is 12.4. The molecule has 0 bridgehead atoms. The fourth-order valence-electron chi connectivity index (χ4n) is 3.24. The molecule has 0 N–H and O–H groups in total. The third-order valence-electron chi connectivity index (χ3n) is 4.50. The van der Waals surface area contributed by atoms with Crippen molar-refractivity contribution in [3.63, 3.8) is 0 Å². The van der Waals surface area contributed by atoms with Crippen molar-refractivity contribution >= 4 is 11.6 Å². The van der Waals surface area contributed by atoms with E-state index in [0.717, 1.165) is 38.9 Å². The summed E-state index contributed by atoms with van der Waals surface area (Å²) in [6.45, 7) is 7.39. The molecule has 2 fully saturated rings. The minimum atomic E-state index is 0.144. The summed E-state index contributed by atoms with van der Waals surface area (Å²) in [6, 6.07) is 0.451. The first-order valence-electron chi connectivity index (χ1n) is 7.40. The molecule has 2 aliphatic rings. The van der Waals surface area contributed by atoms with Gasteiger partial charge in [-0.2, -0.15) is 0 Å². The summed E-state index contributed by atoms with van der Waals surface area (Å²) < 4.78 is 0. The molecule has 2 aliphatic heterocycles. The number of hydrogen-bond acceptors (Lipinski definition) is 4. The van der Waals surface area contributed by atoms with Crippen LogP contribution in [0.2, 0.25) is 0 Å². The van der Waals surface area contributed by atoms with Crippen LogP contribution >= 0.6 is 0 Å². The van der Waals surface area contributed by atoms with Gasteiger partial charge in [-0.05, 0) is 32.7 Å². The number of carbonyl (C=O) groups is 2. The highest BCUT2D eigenvalue weighted by molar-refractivity contribution is 5.81. The van der Waals surface area contributed by atoms with E-state index in [4.69, 9.17) is 0 Å². The van der Waals surface area contributed by atoms with E-state index in [2.05, 4.69) is 23.8 Å². The predicted octanol–water partition coefficient (Wildman–Crippen LogP) is 1.20. The van der Waals surface area contributed by atoms with Crippen LogP contribution in [0.5, 0.6) is 0 Å². The van der Waals surface area contributed by atoms with Gasteiger partial charge in [0.05, 0.1) is 6.54 Å². The third kappa shape index (κ3) is 3.86. The maximum absolute atomic E-state index is 12.2. The van der Waals surface area contributed by atoms with E-state index in [-0.39, 0.29) is 11.7 Å². The van der Waals surface area contributed by atoms with E-state index in [1.54, 1.807) is 6.92 Å². The molecule has 0 radical (unpaired) electrons. The van der Waals surface area contributed by atoms with Crippen LogP contribution in [0.3, 0.4) is 0 Å². The number of nitrogens with zero attached hydrogens (tertiary/aromatic N) is 2. The maximum Gasteiger partial charge on any atom is 0.143 e. The Labute approximate surface area is 116 Å². The summed E-state index contributed by atoms with van der Waals surface area (Å²) in [7, 11) is 2.10. The summed E-state index contributed by atoms with van der Waals surface area (Å²) >= 11 is 0. The van der Waals surface area contributed by atoms with Crippen molar-refractivity contribution in [1.29, 1.82) is 0 Å². The molecule has 0 aliphatic carbocycles. The first-order chi connectivity index (χ1) is 8.95. The van der Waals surface area contributed by atoms with E-state index in [9.17, 15) is 9.59 Å². The molecule has 0 aromatic heterocycles. The summed E-state index contributed by atoms with van der Waals surface area (Å²) in [4.78, 5) is 27.7. The molecule has 0 spiro atoms. The molecule has 0 amide bonds. The van der Waals surface area contributed by atoms with Crippen LogP contribution in [0, 0.1) is 11.8 Å². The van der Waals surface area contributed by atoms with Crippen LogP contribution in [-0.4, -0.2) is 60.6 Å². The average Bonchev–Trinajstić information content (AvgIpc) is 2.29. The molecule has 2 rings (SSSR count). The highest BCUT2D eigenvalue weighted by Crippen LogP contribution is 2.26. The van der Waals surface area contributed by atoms with Gasteiger partial charge in [-0.15, -0.1) is 0 Å². The Morgan fingerprint density at radius 1 is 1.32 bits per heavy atom. The predicted molar refractivity (Wildman–Crippen MR) is 75.1 cm³/mol. The quantitative estimate of drug-likeness (QED) is 0.694. The Kier molecular flexibility index (Phi) is 4.74. The second-order valence-corrected chi connectivity index (χ2v) is 6.51. The standard InChI is InChI=1S/C15H26N2O2/c1-11(15(19)7-13-9-16(3)10-13)6-14-4-5-17(14)8-12(2)18/h11,13-14H,4-10H2,1-3H3. The molecule has 4 nitrogen and oxygen atoms in total. The summed E-state index contributed by atoms with van der Waals surface area (Å²) in [6.07, 6.45) is 2.80. The third-order valence-corrected chi connectivity index (χ3v) is 4.50. The number of Topliss-reactive ketones (excluding diaryl/α,β-unsaturated/α-hetero) is 2. The van der Waals surface area contributed by atoms with Crippen LogP contribution in [0.15, 0.2) is 0 Å². The number of carbonyl (C=O) groups excluding carboxylic acids is 2. The van der Waals surface area contributed by atoms with E-state index >= 15 is 0 Å². The molecule has 19 heavy (non-hydrogen) atoms. The molecular weight excluding hydrogens is 240 g/mol. The lowest BCUT2D eigenvalue weighted by Crippen LogP contribution is -2.51. The van der Waals surface area contributed by atoms with E-state index in [1.807, 2.05) is 0 Å². The molecular formula is C15H26N2O2. The molecule has 4 heteroatoms. The Balaban J connectivity index is 1.69. The minimum Gasteiger partial charge on any atom is -0.306 e. The zero-order valence-corrected chi connectivity index (χ0v) is 12.4. The average molecular weight is 266 g/mol. The van der Waals surface area contributed by atoms with Gasteiger partial charge in [0.2, 0.25) is 0 Å². The van der Waals surface area contributed by atoms with Gasteiger partial charge in [0.15, 0.2) is 0 Å². The van der Waals surface area contributed by atoms with Gasteiger partial charge in [-0.3, -0.25) is 14.5 Å². The molecule has 2 saturated heterocycles. The van der Waals surface area contributed by atoms with Crippen molar-refractivity contribution in [3.8, 4) is 0 Å². The largest absolute Gasteiger partial charge is 0.306 e. The van der Waals surface area contributed by atoms with Gasteiger partial charge in [-0.25, -0.2) is 0 Å². The number of rotatable bonds is 7. The van der Waals surface area contributed by atoms with Gasteiger partial charge in [0, 0.05) is 38.0 Å². The Morgan fingerprint density at radius 3 is 2.47 bits per heavy atom. The van der Waals surface area contributed by atoms with E-state index in [0.29, 0.717) is 24.3 Å². The number of ketones is 2. The number of likely N-dealkylation sites (tertiary alicyclic amines) is 2. The van der Waals surface area contributed by atoms with Crippen LogP contribution < -0.4 is 0 Å². The first-order valence-corrected chi connectivity index (χ1v) is 7.40. The lowest BCUT2D eigenvalue weighted by atomic mass is 9.85. The smallest absolute Gasteiger partial charge is 0.143 e. The molecule has 2 unspecified atom stereocenters. The van der Waals surface area contributed by atoms with Gasteiger partial charge in [0.1, 0.15) is 11.6 Å². The van der Waals surface area contributed by atoms with Crippen LogP contribution in [0.25, 0.3) is 0 Å². The monoisotopic (exact) mass is 266 g/mol. The lowest BCUT2D eigenvalue weighted by Gasteiger charge is -2.42. The van der Waals surface area contributed by atoms with Crippen LogP contribution in [-0.2, 0) is 9.59 Å². The fourth-order valence-corrected chi connectivity index (χ4v) is 3.24. The van der Waals surface area contributed by atoms with Crippen molar-refractivity contribution in [1.82, 2.24) is 9.80 Å². The van der Waals surface area contributed by atoms with Crippen LogP contribution in [0.1, 0.15) is 33.1 Å². The van der Waals surface area contributed by atoms with E-state index in [1.165, 1.54) is 0 Å². The van der Waals surface area contributed by atoms with Crippen molar-refractivity contribution in [2.75, 3.05) is 33.2 Å². The molecule has 108 valence electrons. The fraction of sp³-hybridized carbons (Fsp3) is 0.867. The SMILES string of the molecule is CC(=O)CN1CCC1CC(C)C(=O)CC1CN(C)C1. The van der Waals surface area contributed by atoms with Crippen molar-refractivity contribution in [2.24, 2.45) is 11.8 Å². The highest BCUT2D eigenvalue weighted by Gasteiger charge is 2.33. The molecule has 0 aromatic carbocycles. The second-order valence-electron chi connectivity index (χ2n) is 6.51. The van der Waals surface area contributed by atoms with Gasteiger partial charge in [0.25, 0.3) is 0 Å². The lowest BCUT2D eigenvalue weighted by molar-refractivity contribution is -0.125. The highest BCUT2D eigenvalue weighted by atomic mass is 16.1. The molecule has 2 atom stereocenters. The Hall–Kier alpha value is -0.740. The van der Waals surface area contributed by atoms with Crippen molar-refractivity contribution in [3.05, 3.63) is 0 Å². The summed E-state index contributed by atoms with van der Waals surface area (Å²) in [5.74, 6) is 1.36. The normalized spacial score (nSPS) is 26.6. The first kappa shape index (κ1) is 14.7. The summed E-state index contributed by atoms with van der Waals surface area (Å²) in [5, 5.41) is 0.